The minimum absolute atomic E-state index is 0.000523. The van der Waals surface area contributed by atoms with Crippen LogP contribution in [0.15, 0.2) is 60.8 Å². The molecule has 3 unspecified atom stereocenters. The highest BCUT2D eigenvalue weighted by Gasteiger charge is 2.23. The molecule has 0 saturated heterocycles. The van der Waals surface area contributed by atoms with Gasteiger partial charge in [-0.25, -0.2) is 0 Å². The summed E-state index contributed by atoms with van der Waals surface area (Å²) < 4.78 is 23.4. The van der Waals surface area contributed by atoms with Crippen molar-refractivity contribution < 1.29 is 32.9 Å². The quantitative estimate of drug-likeness (QED) is 0.0272. The van der Waals surface area contributed by atoms with Crippen LogP contribution in [0.1, 0.15) is 328 Å². The van der Waals surface area contributed by atoms with Crippen molar-refractivity contribution in [1.29, 1.82) is 0 Å². The van der Waals surface area contributed by atoms with Crippen LogP contribution in [-0.4, -0.2) is 68.5 Å². The Bertz CT molecular complexity index is 1470. The van der Waals surface area contributed by atoms with E-state index in [1.807, 2.05) is 27.2 Å². The van der Waals surface area contributed by atoms with Crippen molar-refractivity contribution >= 4 is 13.7 Å². The standard InChI is InChI=1S/C70H133N2O6P/c1-6-8-10-12-14-16-18-20-22-24-26-27-28-29-30-31-32-33-34-35-36-37-38-39-40-41-42-43-44-45-46-48-50-52-54-56-58-60-62-64-70(74)71-68(67-78-79(75,76)77-66-65-72(3,4)5)69(73)63-61-59-57-55-53-51-49-47-25-23-21-19-17-15-13-11-9-7-2/h8,10,14,16,20,22,26-27,61,63,68-69,73H,6-7,9,11-13,15,17-19,21,23-25,28-60,62,64-67H2,1-5H3,(H-,71,74,75,76)/b10-8-,16-14-,22-20-,27-26-,63-61+. The van der Waals surface area contributed by atoms with Crippen LogP contribution in [0.4, 0.5) is 0 Å². The number of carbonyl (C=O) groups excluding carboxylic acids is 1. The van der Waals surface area contributed by atoms with Crippen molar-refractivity contribution in [2.45, 2.75) is 341 Å². The third-order valence-electron chi connectivity index (χ3n) is 15.5. The monoisotopic (exact) mass is 1130 g/mol. The van der Waals surface area contributed by atoms with Crippen LogP contribution in [0.2, 0.25) is 0 Å². The average molecular weight is 1130 g/mol. The maximum Gasteiger partial charge on any atom is 0.268 e. The first-order valence-electron chi connectivity index (χ1n) is 34.2. The molecule has 0 bridgehead atoms. The largest absolute Gasteiger partial charge is 0.756 e. The van der Waals surface area contributed by atoms with E-state index in [2.05, 4.69) is 67.8 Å². The zero-order valence-electron chi connectivity index (χ0n) is 53.1. The number of aliphatic hydroxyl groups is 1. The number of hydrogen-bond donors (Lipinski definition) is 2. The first kappa shape index (κ1) is 77.2. The van der Waals surface area contributed by atoms with E-state index < -0.39 is 20.0 Å². The molecule has 0 aliphatic rings. The van der Waals surface area contributed by atoms with Crippen LogP contribution in [0.3, 0.4) is 0 Å². The van der Waals surface area contributed by atoms with Crippen LogP contribution in [0.5, 0.6) is 0 Å². The second-order valence-electron chi connectivity index (χ2n) is 24.5. The van der Waals surface area contributed by atoms with Gasteiger partial charge in [-0.1, -0.05) is 325 Å². The van der Waals surface area contributed by atoms with Gasteiger partial charge in [-0.3, -0.25) is 9.36 Å². The predicted octanol–water partition coefficient (Wildman–Crippen LogP) is 21.0. The molecule has 0 aromatic rings. The first-order valence-corrected chi connectivity index (χ1v) is 35.6. The van der Waals surface area contributed by atoms with Crippen molar-refractivity contribution in [1.82, 2.24) is 5.32 Å². The number of phosphoric acid groups is 1. The third-order valence-corrected chi connectivity index (χ3v) is 16.4. The number of quaternary nitrogens is 1. The predicted molar refractivity (Wildman–Crippen MR) is 344 cm³/mol. The van der Waals surface area contributed by atoms with Gasteiger partial charge in [-0.15, -0.1) is 0 Å². The van der Waals surface area contributed by atoms with Gasteiger partial charge < -0.3 is 28.8 Å². The smallest absolute Gasteiger partial charge is 0.268 e. The summed E-state index contributed by atoms with van der Waals surface area (Å²) >= 11 is 0. The van der Waals surface area contributed by atoms with E-state index in [0.29, 0.717) is 17.4 Å². The van der Waals surface area contributed by atoms with Crippen molar-refractivity contribution in [3.63, 3.8) is 0 Å². The van der Waals surface area contributed by atoms with Gasteiger partial charge in [0.1, 0.15) is 13.2 Å². The van der Waals surface area contributed by atoms with Gasteiger partial charge in [-0.05, 0) is 57.8 Å². The van der Waals surface area contributed by atoms with E-state index in [1.165, 1.54) is 244 Å². The number of amides is 1. The van der Waals surface area contributed by atoms with Crippen molar-refractivity contribution in [2.75, 3.05) is 40.9 Å². The Labute approximate surface area is 492 Å². The molecule has 0 aromatic carbocycles. The molecule has 2 N–H and O–H groups in total. The minimum atomic E-state index is -4.60. The van der Waals surface area contributed by atoms with E-state index in [9.17, 15) is 19.4 Å². The van der Waals surface area contributed by atoms with E-state index in [4.69, 9.17) is 9.05 Å². The van der Waals surface area contributed by atoms with Gasteiger partial charge in [0, 0.05) is 6.42 Å². The Morgan fingerprint density at radius 2 is 0.772 bits per heavy atom. The molecule has 0 heterocycles. The van der Waals surface area contributed by atoms with Crippen LogP contribution < -0.4 is 10.2 Å². The fraction of sp³-hybridized carbons (Fsp3) is 0.843. The fourth-order valence-corrected chi connectivity index (χ4v) is 10.9. The summed E-state index contributed by atoms with van der Waals surface area (Å²) in [7, 11) is 1.27. The summed E-state index contributed by atoms with van der Waals surface area (Å²) in [4.78, 5) is 25.6. The number of hydrogen-bond acceptors (Lipinski definition) is 6. The lowest BCUT2D eigenvalue weighted by atomic mass is 10.0. The second kappa shape index (κ2) is 60.8. The van der Waals surface area contributed by atoms with Gasteiger partial charge in [0.2, 0.25) is 5.91 Å². The molecule has 3 atom stereocenters. The van der Waals surface area contributed by atoms with Crippen LogP contribution >= 0.6 is 7.82 Å². The molecule has 79 heavy (non-hydrogen) atoms. The Morgan fingerprint density at radius 3 is 1.13 bits per heavy atom. The summed E-state index contributed by atoms with van der Waals surface area (Å²) in [5.41, 5.74) is 0. The molecule has 9 heteroatoms. The number of rotatable bonds is 63. The zero-order chi connectivity index (χ0) is 57.7. The summed E-state index contributed by atoms with van der Waals surface area (Å²) in [5, 5.41) is 13.9. The Kier molecular flexibility index (Phi) is 59.4. The topological polar surface area (TPSA) is 108 Å². The van der Waals surface area contributed by atoms with Crippen LogP contribution in [0, 0.1) is 0 Å². The van der Waals surface area contributed by atoms with Gasteiger partial charge >= 0.3 is 0 Å². The SMILES string of the molecule is CC/C=C\C/C=C\C/C=C\C/C=C\CCCCCCCCCCCCCCCCCCCCCCCCCCCCC(=O)NC(COP(=O)([O-])OCC[N+](C)(C)C)C(O)/C=C/CCCCCCCCCCCCCCCCCC. The number of nitrogens with zero attached hydrogens (tertiary/aromatic N) is 1. The average Bonchev–Trinajstić information content (AvgIpc) is 3.42. The molecule has 0 fully saturated rings. The molecule has 0 aromatic heterocycles. The number of unbranched alkanes of at least 4 members (excludes halogenated alkanes) is 42. The number of allylic oxidation sites excluding steroid dienone is 9. The van der Waals surface area contributed by atoms with Crippen molar-refractivity contribution in [3.05, 3.63) is 60.8 Å². The molecule has 464 valence electrons. The normalized spacial score (nSPS) is 14.1. The number of carbonyl (C=O) groups is 1. The van der Waals surface area contributed by atoms with Gasteiger partial charge in [0.05, 0.1) is 39.9 Å². The Hall–Kier alpha value is -1.80. The molecule has 0 radical (unpaired) electrons. The minimum Gasteiger partial charge on any atom is -0.756 e. The van der Waals surface area contributed by atoms with E-state index in [0.717, 1.165) is 64.2 Å². The van der Waals surface area contributed by atoms with Crippen LogP contribution in [-0.2, 0) is 18.4 Å². The highest BCUT2D eigenvalue weighted by atomic mass is 31.2. The molecule has 0 spiro atoms. The molecule has 1 amide bonds. The molecule has 8 nitrogen and oxygen atoms in total. The number of nitrogens with one attached hydrogen (secondary N) is 1. The Balaban J connectivity index is 3.93. The number of aliphatic hydroxyl groups excluding tert-OH is 1. The van der Waals surface area contributed by atoms with E-state index in [1.54, 1.807) is 6.08 Å². The molecule has 0 saturated carbocycles. The lowest BCUT2D eigenvalue weighted by Crippen LogP contribution is -2.45. The molecular weight excluding hydrogens is 996 g/mol. The van der Waals surface area contributed by atoms with Crippen LogP contribution in [0.25, 0.3) is 0 Å². The lowest BCUT2D eigenvalue weighted by Gasteiger charge is -2.29. The molecule has 0 aliphatic carbocycles. The highest BCUT2D eigenvalue weighted by molar-refractivity contribution is 7.45. The summed E-state index contributed by atoms with van der Waals surface area (Å²) in [6, 6.07) is -0.886. The number of phosphoric ester groups is 1. The van der Waals surface area contributed by atoms with E-state index in [-0.39, 0.29) is 19.1 Å². The third kappa shape index (κ3) is 63.6. The maximum atomic E-state index is 13.0. The van der Waals surface area contributed by atoms with E-state index >= 15 is 0 Å². The maximum absolute atomic E-state index is 13.0. The lowest BCUT2D eigenvalue weighted by molar-refractivity contribution is -0.870. The Morgan fingerprint density at radius 1 is 0.456 bits per heavy atom. The van der Waals surface area contributed by atoms with Gasteiger partial charge in [0.15, 0.2) is 0 Å². The summed E-state index contributed by atoms with van der Waals surface area (Å²) in [5.74, 6) is -0.191. The van der Waals surface area contributed by atoms with Crippen molar-refractivity contribution in [2.24, 2.45) is 0 Å². The summed E-state index contributed by atoms with van der Waals surface area (Å²) in [6.07, 6.45) is 83.4. The number of likely N-dealkylation sites (N-methyl/N-ethyl adjacent to an activating group) is 1. The van der Waals surface area contributed by atoms with Gasteiger partial charge in [-0.2, -0.15) is 0 Å². The van der Waals surface area contributed by atoms with Gasteiger partial charge in [0.25, 0.3) is 7.82 Å². The fourth-order valence-electron chi connectivity index (χ4n) is 10.2. The first-order chi connectivity index (χ1) is 38.5. The summed E-state index contributed by atoms with van der Waals surface area (Å²) in [6.45, 7) is 4.58. The molecule has 0 aliphatic heterocycles. The molecule has 0 rings (SSSR count). The van der Waals surface area contributed by atoms with Crippen molar-refractivity contribution in [3.8, 4) is 0 Å². The highest BCUT2D eigenvalue weighted by Crippen LogP contribution is 2.38. The zero-order valence-corrected chi connectivity index (χ0v) is 54.0. The second-order valence-corrected chi connectivity index (χ2v) is 25.9. The molecular formula is C70H133N2O6P.